The Bertz CT molecular complexity index is 463. The summed E-state index contributed by atoms with van der Waals surface area (Å²) in [4.78, 5) is 29.4. The summed E-state index contributed by atoms with van der Waals surface area (Å²) in [6, 6.07) is 3.24. The number of pyridine rings is 1. The maximum absolute atomic E-state index is 12.4. The Morgan fingerprint density at radius 3 is 2.68 bits per heavy atom. The van der Waals surface area contributed by atoms with E-state index >= 15 is 0 Å². The fourth-order valence-corrected chi connectivity index (χ4v) is 1.95. The topological polar surface area (TPSA) is 59.5 Å². The number of aromatic nitrogens is 1. The van der Waals surface area contributed by atoms with Gasteiger partial charge in [0.2, 0.25) is 0 Å². The molecule has 1 aromatic rings. The largest absolute Gasteiger partial charge is 0.465 e. The van der Waals surface area contributed by atoms with Gasteiger partial charge in [-0.3, -0.25) is 9.59 Å². The lowest BCUT2D eigenvalue weighted by atomic mass is 10.2. The van der Waals surface area contributed by atoms with Crippen LogP contribution >= 0.6 is 15.9 Å². The summed E-state index contributed by atoms with van der Waals surface area (Å²) >= 11 is 3.24. The van der Waals surface area contributed by atoms with Crippen molar-refractivity contribution in [2.24, 2.45) is 0 Å². The number of carbonyl (C=O) groups is 2. The molecule has 104 valence electrons. The summed E-state index contributed by atoms with van der Waals surface area (Å²) in [5.74, 6) is -0.660. The molecule has 1 aromatic heterocycles. The summed E-state index contributed by atoms with van der Waals surface area (Å²) in [5.41, 5.74) is 0.431. The molecule has 0 bridgehead atoms. The fraction of sp³-hybridized carbons (Fsp3) is 0.462. The Balaban J connectivity index is 2.91. The predicted octanol–water partition coefficient (Wildman–Crippen LogP) is 2.26. The Hall–Kier alpha value is -1.43. The van der Waals surface area contributed by atoms with E-state index < -0.39 is 5.97 Å². The summed E-state index contributed by atoms with van der Waals surface area (Å²) in [6.07, 6.45) is 1.59. The second kappa shape index (κ2) is 7.23. The number of amides is 1. The van der Waals surface area contributed by atoms with Gasteiger partial charge in [0.1, 0.15) is 11.1 Å². The second-order valence-corrected chi connectivity index (χ2v) is 4.92. The monoisotopic (exact) mass is 328 g/mol. The lowest BCUT2D eigenvalue weighted by molar-refractivity contribution is -0.144. The molecule has 0 radical (unpaired) electrons. The maximum atomic E-state index is 12.4. The number of esters is 1. The minimum Gasteiger partial charge on any atom is -0.465 e. The molecule has 0 aliphatic rings. The van der Waals surface area contributed by atoms with Gasteiger partial charge in [-0.25, -0.2) is 4.98 Å². The van der Waals surface area contributed by atoms with E-state index in [-0.39, 0.29) is 18.5 Å². The third kappa shape index (κ3) is 4.31. The van der Waals surface area contributed by atoms with Gasteiger partial charge < -0.3 is 9.64 Å². The van der Waals surface area contributed by atoms with Crippen molar-refractivity contribution in [3.05, 3.63) is 28.5 Å². The molecular formula is C13H17BrN2O3. The zero-order valence-electron chi connectivity index (χ0n) is 11.2. The van der Waals surface area contributed by atoms with Gasteiger partial charge in [-0.05, 0) is 48.8 Å². The first-order chi connectivity index (χ1) is 8.97. The molecule has 0 fully saturated rings. The summed E-state index contributed by atoms with van der Waals surface area (Å²) in [7, 11) is 0. The van der Waals surface area contributed by atoms with Crippen molar-refractivity contribution in [2.45, 2.75) is 26.8 Å². The smallest absolute Gasteiger partial charge is 0.325 e. The molecule has 0 aliphatic carbocycles. The minimum absolute atomic E-state index is 0.0638. The molecule has 0 aromatic carbocycles. The van der Waals surface area contributed by atoms with Gasteiger partial charge >= 0.3 is 5.97 Å². The van der Waals surface area contributed by atoms with Crippen molar-refractivity contribution < 1.29 is 14.3 Å². The zero-order valence-corrected chi connectivity index (χ0v) is 12.8. The van der Waals surface area contributed by atoms with Gasteiger partial charge in [0.05, 0.1) is 12.2 Å². The maximum Gasteiger partial charge on any atom is 0.325 e. The first kappa shape index (κ1) is 15.6. The lowest BCUT2D eigenvalue weighted by Crippen LogP contribution is -2.41. The minimum atomic E-state index is -0.412. The number of halogens is 1. The summed E-state index contributed by atoms with van der Waals surface area (Å²) < 4.78 is 5.35. The van der Waals surface area contributed by atoms with Crippen LogP contribution < -0.4 is 0 Å². The van der Waals surface area contributed by atoms with Gasteiger partial charge in [-0.1, -0.05) is 0 Å². The molecule has 1 amide bonds. The van der Waals surface area contributed by atoms with Gasteiger partial charge in [0.15, 0.2) is 0 Å². The van der Waals surface area contributed by atoms with Gasteiger partial charge in [0, 0.05) is 12.2 Å². The molecule has 5 nitrogen and oxygen atoms in total. The van der Waals surface area contributed by atoms with Gasteiger partial charge in [-0.15, -0.1) is 0 Å². The van der Waals surface area contributed by atoms with Crippen LogP contribution in [0.4, 0.5) is 0 Å². The quantitative estimate of drug-likeness (QED) is 0.614. The van der Waals surface area contributed by atoms with Crippen LogP contribution in [0.5, 0.6) is 0 Å². The van der Waals surface area contributed by atoms with E-state index in [0.717, 1.165) is 0 Å². The fourth-order valence-electron chi connectivity index (χ4n) is 1.53. The summed E-state index contributed by atoms with van der Waals surface area (Å²) in [6.45, 7) is 5.67. The van der Waals surface area contributed by atoms with E-state index in [4.69, 9.17) is 4.74 Å². The van der Waals surface area contributed by atoms with Crippen LogP contribution in [-0.2, 0) is 9.53 Å². The molecule has 1 rings (SSSR count). The molecule has 0 unspecified atom stereocenters. The third-order valence-electron chi connectivity index (χ3n) is 2.48. The molecule has 1 heterocycles. The SMILES string of the molecule is CCOC(=O)CN(C(=O)c1cccnc1Br)C(C)C. The highest BCUT2D eigenvalue weighted by Crippen LogP contribution is 2.16. The van der Waals surface area contributed by atoms with Crippen LogP contribution in [0, 0.1) is 0 Å². The molecule has 0 aliphatic heterocycles. The van der Waals surface area contributed by atoms with E-state index in [1.807, 2.05) is 13.8 Å². The standard InChI is InChI=1S/C13H17BrN2O3/c1-4-19-11(17)8-16(9(2)3)13(18)10-6-5-7-15-12(10)14/h5-7,9H,4,8H2,1-3H3. The van der Waals surface area contributed by atoms with Crippen LogP contribution in [0.1, 0.15) is 31.1 Å². The number of rotatable bonds is 5. The van der Waals surface area contributed by atoms with Crippen molar-refractivity contribution in [1.29, 1.82) is 0 Å². The van der Waals surface area contributed by atoms with Crippen LogP contribution in [0.25, 0.3) is 0 Å². The molecule has 0 spiro atoms. The lowest BCUT2D eigenvalue weighted by Gasteiger charge is -2.25. The average Bonchev–Trinajstić information content (AvgIpc) is 2.36. The summed E-state index contributed by atoms with van der Waals surface area (Å²) in [5, 5.41) is 0. The molecule has 6 heteroatoms. The van der Waals surface area contributed by atoms with E-state index in [0.29, 0.717) is 16.8 Å². The Labute approximate surface area is 121 Å². The Morgan fingerprint density at radius 2 is 2.16 bits per heavy atom. The normalized spacial score (nSPS) is 10.4. The molecule has 0 atom stereocenters. The second-order valence-electron chi connectivity index (χ2n) is 4.17. The van der Waals surface area contributed by atoms with Crippen LogP contribution in [-0.4, -0.2) is 41.0 Å². The van der Waals surface area contributed by atoms with E-state index in [2.05, 4.69) is 20.9 Å². The van der Waals surface area contributed by atoms with Gasteiger partial charge in [-0.2, -0.15) is 0 Å². The van der Waals surface area contributed by atoms with Crippen LogP contribution in [0.3, 0.4) is 0 Å². The van der Waals surface area contributed by atoms with E-state index in [1.54, 1.807) is 25.3 Å². The molecule has 0 saturated heterocycles. The first-order valence-corrected chi connectivity index (χ1v) is 6.83. The number of ether oxygens (including phenoxy) is 1. The highest BCUT2D eigenvalue weighted by molar-refractivity contribution is 9.10. The highest BCUT2D eigenvalue weighted by Gasteiger charge is 2.23. The van der Waals surface area contributed by atoms with Crippen molar-refractivity contribution in [3.63, 3.8) is 0 Å². The Kier molecular flexibility index (Phi) is 5.95. The van der Waals surface area contributed by atoms with E-state index in [9.17, 15) is 9.59 Å². The van der Waals surface area contributed by atoms with E-state index in [1.165, 1.54) is 4.90 Å². The van der Waals surface area contributed by atoms with Crippen molar-refractivity contribution in [1.82, 2.24) is 9.88 Å². The average molecular weight is 329 g/mol. The Morgan fingerprint density at radius 1 is 1.47 bits per heavy atom. The molecular weight excluding hydrogens is 312 g/mol. The third-order valence-corrected chi connectivity index (χ3v) is 3.11. The van der Waals surface area contributed by atoms with Crippen LogP contribution in [0.2, 0.25) is 0 Å². The van der Waals surface area contributed by atoms with Gasteiger partial charge in [0.25, 0.3) is 5.91 Å². The van der Waals surface area contributed by atoms with Crippen LogP contribution in [0.15, 0.2) is 22.9 Å². The number of hydrogen-bond acceptors (Lipinski definition) is 4. The number of carbonyl (C=O) groups excluding carboxylic acids is 2. The molecule has 0 N–H and O–H groups in total. The predicted molar refractivity (Wildman–Crippen MR) is 74.7 cm³/mol. The van der Waals surface area contributed by atoms with Crippen molar-refractivity contribution >= 4 is 27.8 Å². The van der Waals surface area contributed by atoms with Crippen molar-refractivity contribution in [2.75, 3.05) is 13.2 Å². The van der Waals surface area contributed by atoms with Crippen molar-refractivity contribution in [3.8, 4) is 0 Å². The molecule has 0 saturated carbocycles. The first-order valence-electron chi connectivity index (χ1n) is 6.04. The highest BCUT2D eigenvalue weighted by atomic mass is 79.9. The number of hydrogen-bond donors (Lipinski definition) is 0. The number of nitrogens with zero attached hydrogens (tertiary/aromatic N) is 2. The zero-order chi connectivity index (χ0) is 14.4. The molecule has 19 heavy (non-hydrogen) atoms.